The smallest absolute Gasteiger partial charge is 0.128 e. The first-order chi connectivity index (χ1) is 8.17. The van der Waals surface area contributed by atoms with Gasteiger partial charge in [-0.05, 0) is 36.0 Å². The lowest BCUT2D eigenvalue weighted by Crippen LogP contribution is -2.38. The van der Waals surface area contributed by atoms with E-state index in [1.807, 2.05) is 12.3 Å². The number of halogens is 1. The standard InChI is InChI=1S/C14H21ClN2/c1-3-14(2)5-8-17(9-6-14)13-10-12(11-15)4-7-16-13/h4,7,10H,3,5-6,8-9,11H2,1-2H3. The molecule has 2 nitrogen and oxygen atoms in total. The molecule has 0 saturated carbocycles. The predicted molar refractivity (Wildman–Crippen MR) is 73.6 cm³/mol. The molecule has 0 amide bonds. The first-order valence-corrected chi connectivity index (χ1v) is 6.96. The van der Waals surface area contributed by atoms with E-state index >= 15 is 0 Å². The Morgan fingerprint density at radius 1 is 1.41 bits per heavy atom. The molecule has 2 heterocycles. The highest BCUT2D eigenvalue weighted by molar-refractivity contribution is 6.17. The lowest BCUT2D eigenvalue weighted by molar-refractivity contribution is 0.238. The Kier molecular flexibility index (Phi) is 3.93. The van der Waals surface area contributed by atoms with Gasteiger partial charge >= 0.3 is 0 Å². The van der Waals surface area contributed by atoms with E-state index in [0.717, 1.165) is 24.5 Å². The summed E-state index contributed by atoms with van der Waals surface area (Å²) in [6.45, 7) is 6.92. The van der Waals surface area contributed by atoms with Gasteiger partial charge in [-0.25, -0.2) is 4.98 Å². The Hall–Kier alpha value is -0.760. The lowest BCUT2D eigenvalue weighted by atomic mass is 9.78. The molecule has 0 spiro atoms. The average molecular weight is 253 g/mol. The fourth-order valence-corrected chi connectivity index (χ4v) is 2.51. The number of rotatable bonds is 3. The van der Waals surface area contributed by atoms with Crippen LogP contribution in [0.2, 0.25) is 0 Å². The number of aromatic nitrogens is 1. The highest BCUT2D eigenvalue weighted by Gasteiger charge is 2.28. The van der Waals surface area contributed by atoms with Crippen LogP contribution in [0.1, 0.15) is 38.7 Å². The summed E-state index contributed by atoms with van der Waals surface area (Å²) in [6.07, 6.45) is 5.66. The van der Waals surface area contributed by atoms with Gasteiger partial charge < -0.3 is 4.90 Å². The van der Waals surface area contributed by atoms with Crippen molar-refractivity contribution in [1.29, 1.82) is 0 Å². The third-order valence-corrected chi connectivity index (χ3v) is 4.42. The van der Waals surface area contributed by atoms with Crippen LogP contribution < -0.4 is 4.90 Å². The molecule has 0 atom stereocenters. The van der Waals surface area contributed by atoms with Crippen molar-refractivity contribution >= 4 is 17.4 Å². The fraction of sp³-hybridized carbons (Fsp3) is 0.643. The SMILES string of the molecule is CCC1(C)CCN(c2cc(CCl)ccn2)CC1. The minimum atomic E-state index is 0.528. The normalized spacial score (nSPS) is 19.4. The van der Waals surface area contributed by atoms with E-state index in [1.54, 1.807) is 0 Å². The van der Waals surface area contributed by atoms with E-state index < -0.39 is 0 Å². The van der Waals surface area contributed by atoms with E-state index in [-0.39, 0.29) is 0 Å². The highest BCUT2D eigenvalue weighted by atomic mass is 35.5. The molecule has 1 saturated heterocycles. The van der Waals surface area contributed by atoms with Crippen molar-refractivity contribution in [2.24, 2.45) is 5.41 Å². The van der Waals surface area contributed by atoms with Crippen molar-refractivity contribution < 1.29 is 0 Å². The van der Waals surface area contributed by atoms with E-state index in [9.17, 15) is 0 Å². The topological polar surface area (TPSA) is 16.1 Å². The Balaban J connectivity index is 2.05. The number of hydrogen-bond donors (Lipinski definition) is 0. The maximum Gasteiger partial charge on any atom is 0.128 e. The van der Waals surface area contributed by atoms with Gasteiger partial charge in [0.25, 0.3) is 0 Å². The van der Waals surface area contributed by atoms with Crippen LogP contribution in [0.3, 0.4) is 0 Å². The molecule has 94 valence electrons. The molecule has 1 aliphatic heterocycles. The number of pyridine rings is 1. The van der Waals surface area contributed by atoms with Gasteiger partial charge in [0.15, 0.2) is 0 Å². The molecule has 1 aliphatic rings. The van der Waals surface area contributed by atoms with E-state index in [0.29, 0.717) is 11.3 Å². The maximum atomic E-state index is 5.86. The van der Waals surface area contributed by atoms with Crippen LogP contribution in [0, 0.1) is 5.41 Å². The van der Waals surface area contributed by atoms with E-state index in [2.05, 4.69) is 29.8 Å². The fourth-order valence-electron chi connectivity index (χ4n) is 2.35. The molecule has 17 heavy (non-hydrogen) atoms. The van der Waals surface area contributed by atoms with Crippen LogP contribution in [0.15, 0.2) is 18.3 Å². The van der Waals surface area contributed by atoms with Gasteiger partial charge in [-0.15, -0.1) is 11.6 Å². The number of anilines is 1. The van der Waals surface area contributed by atoms with Gasteiger partial charge in [-0.2, -0.15) is 0 Å². The molecule has 3 heteroatoms. The quantitative estimate of drug-likeness (QED) is 0.760. The molecular formula is C14H21ClN2. The van der Waals surface area contributed by atoms with Crippen molar-refractivity contribution in [1.82, 2.24) is 4.98 Å². The van der Waals surface area contributed by atoms with E-state index in [4.69, 9.17) is 11.6 Å². The molecule has 0 bridgehead atoms. The van der Waals surface area contributed by atoms with Crippen LogP contribution in [0.5, 0.6) is 0 Å². The van der Waals surface area contributed by atoms with Gasteiger partial charge in [-0.1, -0.05) is 20.3 Å². The van der Waals surface area contributed by atoms with Crippen LogP contribution in [-0.4, -0.2) is 18.1 Å². The number of hydrogen-bond acceptors (Lipinski definition) is 2. The predicted octanol–water partition coefficient (Wildman–Crippen LogP) is 3.84. The zero-order valence-corrected chi connectivity index (χ0v) is 11.5. The Labute approximate surface area is 109 Å². The molecule has 1 aromatic heterocycles. The molecule has 1 aromatic rings. The van der Waals surface area contributed by atoms with Crippen molar-refractivity contribution in [3.63, 3.8) is 0 Å². The summed E-state index contributed by atoms with van der Waals surface area (Å²) < 4.78 is 0. The Bertz CT molecular complexity index is 370. The maximum absolute atomic E-state index is 5.86. The summed E-state index contributed by atoms with van der Waals surface area (Å²) >= 11 is 5.86. The van der Waals surface area contributed by atoms with Crippen molar-refractivity contribution in [2.75, 3.05) is 18.0 Å². The van der Waals surface area contributed by atoms with Gasteiger partial charge in [0, 0.05) is 25.2 Å². The van der Waals surface area contributed by atoms with Crippen molar-refractivity contribution in [2.45, 2.75) is 39.0 Å². The Morgan fingerprint density at radius 2 is 2.12 bits per heavy atom. The molecule has 0 aliphatic carbocycles. The average Bonchev–Trinajstić information content (AvgIpc) is 2.40. The highest BCUT2D eigenvalue weighted by Crippen LogP contribution is 2.35. The summed E-state index contributed by atoms with van der Waals surface area (Å²) in [6, 6.07) is 4.10. The molecule has 0 N–H and O–H groups in total. The molecule has 0 radical (unpaired) electrons. The van der Waals surface area contributed by atoms with Crippen LogP contribution in [-0.2, 0) is 5.88 Å². The molecule has 0 aromatic carbocycles. The second-order valence-corrected chi connectivity index (χ2v) is 5.57. The molecule has 1 fully saturated rings. The first-order valence-electron chi connectivity index (χ1n) is 6.43. The van der Waals surface area contributed by atoms with Gasteiger partial charge in [-0.3, -0.25) is 0 Å². The monoisotopic (exact) mass is 252 g/mol. The van der Waals surface area contributed by atoms with Gasteiger partial charge in [0.1, 0.15) is 5.82 Å². The van der Waals surface area contributed by atoms with E-state index in [1.165, 1.54) is 19.3 Å². The number of nitrogens with zero attached hydrogens (tertiary/aromatic N) is 2. The van der Waals surface area contributed by atoms with Crippen LogP contribution in [0.4, 0.5) is 5.82 Å². The zero-order chi connectivity index (χ0) is 12.3. The minimum Gasteiger partial charge on any atom is -0.357 e. The second-order valence-electron chi connectivity index (χ2n) is 5.31. The molecule has 0 unspecified atom stereocenters. The largest absolute Gasteiger partial charge is 0.357 e. The third-order valence-electron chi connectivity index (χ3n) is 4.11. The van der Waals surface area contributed by atoms with Gasteiger partial charge in [0.2, 0.25) is 0 Å². The van der Waals surface area contributed by atoms with Crippen LogP contribution in [0.25, 0.3) is 0 Å². The third kappa shape index (κ3) is 2.92. The lowest BCUT2D eigenvalue weighted by Gasteiger charge is -2.39. The number of piperidine rings is 1. The minimum absolute atomic E-state index is 0.528. The molecule has 2 rings (SSSR count). The summed E-state index contributed by atoms with van der Waals surface area (Å²) in [4.78, 5) is 6.83. The summed E-state index contributed by atoms with van der Waals surface area (Å²) in [5, 5.41) is 0. The number of alkyl halides is 1. The summed E-state index contributed by atoms with van der Waals surface area (Å²) in [5.74, 6) is 1.65. The van der Waals surface area contributed by atoms with Gasteiger partial charge in [0.05, 0.1) is 0 Å². The molecular weight excluding hydrogens is 232 g/mol. The summed E-state index contributed by atoms with van der Waals surface area (Å²) in [7, 11) is 0. The van der Waals surface area contributed by atoms with Crippen molar-refractivity contribution in [3.8, 4) is 0 Å². The summed E-state index contributed by atoms with van der Waals surface area (Å²) in [5.41, 5.74) is 1.68. The zero-order valence-electron chi connectivity index (χ0n) is 10.7. The second kappa shape index (κ2) is 5.26. The Morgan fingerprint density at radius 3 is 2.71 bits per heavy atom. The van der Waals surface area contributed by atoms with Crippen molar-refractivity contribution in [3.05, 3.63) is 23.9 Å². The first kappa shape index (κ1) is 12.7. The van der Waals surface area contributed by atoms with Crippen LogP contribution >= 0.6 is 11.6 Å².